The van der Waals surface area contributed by atoms with Crippen LogP contribution in [0.5, 0.6) is 0 Å². The second kappa shape index (κ2) is 4.11. The number of carbonyl (C=O) groups excluding carboxylic acids is 1. The lowest BCUT2D eigenvalue weighted by Gasteiger charge is -1.98. The average molecular weight is 210 g/mol. The molecule has 76 valence electrons. The van der Waals surface area contributed by atoms with Crippen molar-refractivity contribution in [3.05, 3.63) is 21.4 Å². The number of primary amides is 1. The molecule has 0 aromatic carbocycles. The van der Waals surface area contributed by atoms with Crippen LogP contribution in [0.15, 0.2) is 6.07 Å². The number of fused-ring (bicyclic) bond motifs is 1. The molecule has 2 rings (SSSR count). The summed E-state index contributed by atoms with van der Waals surface area (Å²) in [6.07, 6.45) is 3.76. The van der Waals surface area contributed by atoms with E-state index in [0.717, 1.165) is 6.54 Å². The second-order valence-corrected chi connectivity index (χ2v) is 4.81. The summed E-state index contributed by atoms with van der Waals surface area (Å²) in [6, 6.07) is 2.25. The quantitative estimate of drug-likeness (QED) is 0.772. The zero-order chi connectivity index (χ0) is 9.97. The molecule has 0 unspecified atom stereocenters. The lowest BCUT2D eigenvalue weighted by atomic mass is 10.2. The van der Waals surface area contributed by atoms with Crippen molar-refractivity contribution in [1.82, 2.24) is 5.32 Å². The normalized spacial score (nSPS) is 14.3. The lowest BCUT2D eigenvalue weighted by molar-refractivity contribution is -0.117. The highest BCUT2D eigenvalue weighted by atomic mass is 32.1. The van der Waals surface area contributed by atoms with Gasteiger partial charge < -0.3 is 11.1 Å². The number of nitrogens with one attached hydrogen (secondary N) is 1. The minimum absolute atomic E-state index is 0.266. The molecule has 1 aliphatic rings. The van der Waals surface area contributed by atoms with Gasteiger partial charge in [-0.2, -0.15) is 0 Å². The Morgan fingerprint density at radius 2 is 2.43 bits per heavy atom. The van der Waals surface area contributed by atoms with Crippen LogP contribution in [0, 0.1) is 0 Å². The zero-order valence-corrected chi connectivity index (χ0v) is 8.82. The highest BCUT2D eigenvalue weighted by Crippen LogP contribution is 2.30. The number of aryl methyl sites for hydroxylation is 2. The van der Waals surface area contributed by atoms with Crippen LogP contribution in [0.4, 0.5) is 0 Å². The van der Waals surface area contributed by atoms with Crippen LogP contribution >= 0.6 is 11.3 Å². The standard InChI is InChI=1S/C10H14N2OS/c11-10(13)6-12-5-8-4-7-2-1-3-9(7)14-8/h4,12H,1-3,5-6H2,(H2,11,13). The van der Waals surface area contributed by atoms with Crippen molar-refractivity contribution in [2.24, 2.45) is 5.73 Å². The largest absolute Gasteiger partial charge is 0.369 e. The van der Waals surface area contributed by atoms with Gasteiger partial charge in [-0.15, -0.1) is 11.3 Å². The summed E-state index contributed by atoms with van der Waals surface area (Å²) >= 11 is 1.86. The number of hydrogen-bond acceptors (Lipinski definition) is 3. The number of carbonyl (C=O) groups is 1. The third kappa shape index (κ3) is 2.13. The van der Waals surface area contributed by atoms with Crippen LogP contribution in [-0.4, -0.2) is 12.5 Å². The molecule has 4 heteroatoms. The van der Waals surface area contributed by atoms with Gasteiger partial charge in [0, 0.05) is 16.3 Å². The van der Waals surface area contributed by atoms with Crippen molar-refractivity contribution in [3.8, 4) is 0 Å². The van der Waals surface area contributed by atoms with Gasteiger partial charge >= 0.3 is 0 Å². The Kier molecular flexibility index (Phi) is 2.84. The highest BCUT2D eigenvalue weighted by Gasteiger charge is 2.14. The molecule has 1 aromatic heterocycles. The first-order chi connectivity index (χ1) is 6.75. The van der Waals surface area contributed by atoms with Crippen LogP contribution in [-0.2, 0) is 24.2 Å². The Hall–Kier alpha value is -0.870. The summed E-state index contributed by atoms with van der Waals surface area (Å²) < 4.78 is 0. The van der Waals surface area contributed by atoms with E-state index in [1.807, 2.05) is 11.3 Å². The summed E-state index contributed by atoms with van der Waals surface area (Å²) in [5.74, 6) is -0.297. The fourth-order valence-electron chi connectivity index (χ4n) is 1.79. The van der Waals surface area contributed by atoms with Crippen LogP contribution in [0.25, 0.3) is 0 Å². The topological polar surface area (TPSA) is 55.1 Å². The summed E-state index contributed by atoms with van der Waals surface area (Å²) in [7, 11) is 0. The number of hydrogen-bond donors (Lipinski definition) is 2. The highest BCUT2D eigenvalue weighted by molar-refractivity contribution is 7.12. The van der Waals surface area contributed by atoms with Crippen LogP contribution in [0.1, 0.15) is 21.7 Å². The van der Waals surface area contributed by atoms with Crippen molar-refractivity contribution >= 4 is 17.2 Å². The van der Waals surface area contributed by atoms with E-state index in [1.165, 1.54) is 34.6 Å². The molecule has 0 radical (unpaired) electrons. The molecule has 1 amide bonds. The van der Waals surface area contributed by atoms with E-state index in [-0.39, 0.29) is 12.5 Å². The van der Waals surface area contributed by atoms with Gasteiger partial charge in [-0.3, -0.25) is 4.79 Å². The van der Waals surface area contributed by atoms with Crippen LogP contribution < -0.4 is 11.1 Å². The van der Waals surface area contributed by atoms with E-state index in [4.69, 9.17) is 5.73 Å². The van der Waals surface area contributed by atoms with Crippen molar-refractivity contribution in [2.45, 2.75) is 25.8 Å². The molecule has 0 aliphatic heterocycles. The zero-order valence-electron chi connectivity index (χ0n) is 8.01. The molecule has 3 nitrogen and oxygen atoms in total. The van der Waals surface area contributed by atoms with Gasteiger partial charge in [0.15, 0.2) is 0 Å². The van der Waals surface area contributed by atoms with Gasteiger partial charge in [0.2, 0.25) is 5.91 Å². The summed E-state index contributed by atoms with van der Waals surface area (Å²) in [4.78, 5) is 13.3. The molecule has 0 bridgehead atoms. The third-order valence-electron chi connectivity index (χ3n) is 2.40. The molecule has 1 aliphatic carbocycles. The van der Waals surface area contributed by atoms with E-state index in [0.29, 0.717) is 0 Å². The molecule has 0 atom stereocenters. The van der Waals surface area contributed by atoms with E-state index in [9.17, 15) is 4.79 Å². The van der Waals surface area contributed by atoms with E-state index in [1.54, 1.807) is 0 Å². The SMILES string of the molecule is NC(=O)CNCc1cc2c(s1)CCC2. The average Bonchev–Trinajstić information content (AvgIpc) is 2.62. The fraction of sp³-hybridized carbons (Fsp3) is 0.500. The number of nitrogens with two attached hydrogens (primary N) is 1. The smallest absolute Gasteiger partial charge is 0.231 e. The maximum atomic E-state index is 10.5. The van der Waals surface area contributed by atoms with Gasteiger partial charge in [0.1, 0.15) is 0 Å². The molecular weight excluding hydrogens is 196 g/mol. The monoisotopic (exact) mass is 210 g/mol. The molecule has 1 heterocycles. The van der Waals surface area contributed by atoms with Gasteiger partial charge in [0.25, 0.3) is 0 Å². The minimum atomic E-state index is -0.297. The van der Waals surface area contributed by atoms with Crippen molar-refractivity contribution in [1.29, 1.82) is 0 Å². The molecule has 0 fully saturated rings. The molecule has 1 aromatic rings. The van der Waals surface area contributed by atoms with Crippen molar-refractivity contribution < 1.29 is 4.79 Å². The maximum absolute atomic E-state index is 10.5. The number of amides is 1. The summed E-state index contributed by atoms with van der Waals surface area (Å²) in [6.45, 7) is 1.03. The molecular formula is C10H14N2OS. The summed E-state index contributed by atoms with van der Waals surface area (Å²) in [5.41, 5.74) is 6.54. The van der Waals surface area contributed by atoms with Gasteiger partial charge in [-0.25, -0.2) is 0 Å². The fourth-order valence-corrected chi connectivity index (χ4v) is 3.02. The van der Waals surface area contributed by atoms with E-state index < -0.39 is 0 Å². The van der Waals surface area contributed by atoms with Gasteiger partial charge in [0.05, 0.1) is 6.54 Å². The molecule has 14 heavy (non-hydrogen) atoms. The molecule has 0 saturated carbocycles. The molecule has 0 saturated heterocycles. The minimum Gasteiger partial charge on any atom is -0.369 e. The lowest BCUT2D eigenvalue weighted by Crippen LogP contribution is -2.27. The summed E-state index contributed by atoms with van der Waals surface area (Å²) in [5, 5.41) is 3.03. The van der Waals surface area contributed by atoms with Crippen molar-refractivity contribution in [3.63, 3.8) is 0 Å². The van der Waals surface area contributed by atoms with E-state index in [2.05, 4.69) is 11.4 Å². The predicted octanol–water partition coefficient (Wildman–Crippen LogP) is 0.812. The predicted molar refractivity (Wildman–Crippen MR) is 57.2 cm³/mol. The van der Waals surface area contributed by atoms with Crippen LogP contribution in [0.2, 0.25) is 0 Å². The Labute approximate surface area is 87.3 Å². The Bertz CT molecular complexity index is 324. The maximum Gasteiger partial charge on any atom is 0.231 e. The Morgan fingerprint density at radius 1 is 1.57 bits per heavy atom. The Balaban J connectivity index is 1.88. The number of rotatable bonds is 4. The third-order valence-corrected chi connectivity index (χ3v) is 3.63. The van der Waals surface area contributed by atoms with Crippen molar-refractivity contribution in [2.75, 3.05) is 6.54 Å². The van der Waals surface area contributed by atoms with Gasteiger partial charge in [-0.05, 0) is 30.9 Å². The van der Waals surface area contributed by atoms with Crippen LogP contribution in [0.3, 0.4) is 0 Å². The first-order valence-corrected chi connectivity index (χ1v) is 5.67. The first-order valence-electron chi connectivity index (χ1n) is 4.85. The van der Waals surface area contributed by atoms with Gasteiger partial charge in [-0.1, -0.05) is 0 Å². The first kappa shape index (κ1) is 9.68. The Morgan fingerprint density at radius 3 is 3.14 bits per heavy atom. The second-order valence-electron chi connectivity index (χ2n) is 3.58. The molecule has 3 N–H and O–H groups in total. The molecule has 0 spiro atoms. The number of thiophene rings is 1. The van der Waals surface area contributed by atoms with E-state index >= 15 is 0 Å².